The topological polar surface area (TPSA) is 94.6 Å². The molecule has 0 N–H and O–H groups in total. The molecular formula is C49H94N2O7. The molecule has 0 bridgehead atoms. The van der Waals surface area contributed by atoms with Crippen LogP contribution in [-0.4, -0.2) is 99.5 Å². The summed E-state index contributed by atoms with van der Waals surface area (Å²) in [5, 5.41) is 0. The van der Waals surface area contributed by atoms with Gasteiger partial charge < -0.3 is 23.8 Å². The predicted octanol–water partition coefficient (Wildman–Crippen LogP) is 12.2. The van der Waals surface area contributed by atoms with Crippen molar-refractivity contribution in [2.75, 3.05) is 53.5 Å². The van der Waals surface area contributed by atoms with Gasteiger partial charge in [0, 0.05) is 39.0 Å². The number of unbranched alkanes of at least 4 members (excludes halogenated alkanes) is 20. The molecule has 58 heavy (non-hydrogen) atoms. The third-order valence-electron chi connectivity index (χ3n) is 11.6. The number of carbonyl (C=O) groups excluding carboxylic acids is 3. The highest BCUT2D eigenvalue weighted by atomic mass is 16.5. The fourth-order valence-corrected chi connectivity index (χ4v) is 7.95. The lowest BCUT2D eigenvalue weighted by Crippen LogP contribution is -2.48. The van der Waals surface area contributed by atoms with Crippen LogP contribution in [0.2, 0.25) is 0 Å². The molecule has 0 spiro atoms. The lowest BCUT2D eigenvalue weighted by molar-refractivity contribution is -0.150. The van der Waals surface area contributed by atoms with Crippen LogP contribution in [0.1, 0.15) is 226 Å². The highest BCUT2D eigenvalue weighted by molar-refractivity contribution is 5.70. The van der Waals surface area contributed by atoms with Crippen LogP contribution in [0.4, 0.5) is 0 Å². The standard InChI is InChI=1S/C49H94N2O7/c1-6-9-12-15-18-21-30-40-55-47(52)35-28-22-26-33-45-42-51(39-41-56-48(53)37-38-50(4)5)43-46(57-45)34-27-23-29-36-49(54)58-44(31-24-19-16-13-10-7-2)32-25-20-17-14-11-8-3/h44-46H,6-43H2,1-5H3. The molecule has 0 amide bonds. The molecule has 2 unspecified atom stereocenters. The summed E-state index contributed by atoms with van der Waals surface area (Å²) in [7, 11) is 3.92. The van der Waals surface area contributed by atoms with Crippen molar-refractivity contribution in [2.45, 2.75) is 245 Å². The number of morpholine rings is 1. The highest BCUT2D eigenvalue weighted by Crippen LogP contribution is 2.22. The first-order valence-electron chi connectivity index (χ1n) is 24.8. The second-order valence-electron chi connectivity index (χ2n) is 17.7. The molecule has 1 aliphatic rings. The normalized spacial score (nSPS) is 16.0. The van der Waals surface area contributed by atoms with E-state index in [4.69, 9.17) is 18.9 Å². The van der Waals surface area contributed by atoms with Gasteiger partial charge in [0.05, 0.1) is 25.2 Å². The van der Waals surface area contributed by atoms with E-state index < -0.39 is 0 Å². The van der Waals surface area contributed by atoms with Gasteiger partial charge in [-0.15, -0.1) is 0 Å². The molecule has 1 rings (SSSR count). The van der Waals surface area contributed by atoms with E-state index in [0.717, 1.165) is 103 Å². The molecule has 0 saturated carbocycles. The van der Waals surface area contributed by atoms with Crippen molar-refractivity contribution in [2.24, 2.45) is 0 Å². The summed E-state index contributed by atoms with van der Waals surface area (Å²) in [6.07, 6.45) is 35.0. The monoisotopic (exact) mass is 823 g/mol. The lowest BCUT2D eigenvalue weighted by atomic mass is 10.0. The van der Waals surface area contributed by atoms with Crippen molar-refractivity contribution in [3.05, 3.63) is 0 Å². The van der Waals surface area contributed by atoms with Crippen molar-refractivity contribution >= 4 is 17.9 Å². The minimum atomic E-state index is -0.148. The largest absolute Gasteiger partial charge is 0.466 e. The number of hydrogen-bond acceptors (Lipinski definition) is 9. The molecule has 0 radical (unpaired) electrons. The molecule has 342 valence electrons. The van der Waals surface area contributed by atoms with Gasteiger partial charge in [0.25, 0.3) is 0 Å². The van der Waals surface area contributed by atoms with E-state index in [1.54, 1.807) is 0 Å². The molecule has 1 fully saturated rings. The maximum Gasteiger partial charge on any atom is 0.307 e. The molecule has 1 aliphatic heterocycles. The maximum atomic E-state index is 12.9. The summed E-state index contributed by atoms with van der Waals surface area (Å²) >= 11 is 0. The van der Waals surface area contributed by atoms with E-state index in [2.05, 4.69) is 25.7 Å². The van der Waals surface area contributed by atoms with Gasteiger partial charge in [0.15, 0.2) is 0 Å². The van der Waals surface area contributed by atoms with Crippen LogP contribution in [0.15, 0.2) is 0 Å². The van der Waals surface area contributed by atoms with Crippen molar-refractivity contribution in [1.29, 1.82) is 0 Å². The van der Waals surface area contributed by atoms with Gasteiger partial charge in [-0.2, -0.15) is 0 Å². The van der Waals surface area contributed by atoms with Crippen LogP contribution in [0.3, 0.4) is 0 Å². The second-order valence-corrected chi connectivity index (χ2v) is 17.7. The number of carbonyl (C=O) groups is 3. The summed E-state index contributed by atoms with van der Waals surface area (Å²) in [6.45, 7) is 10.8. The Hall–Kier alpha value is -1.71. The zero-order valence-electron chi connectivity index (χ0n) is 38.9. The van der Waals surface area contributed by atoms with E-state index in [9.17, 15) is 14.4 Å². The van der Waals surface area contributed by atoms with Crippen LogP contribution in [0, 0.1) is 0 Å². The maximum absolute atomic E-state index is 12.9. The van der Waals surface area contributed by atoms with Crippen LogP contribution in [0.5, 0.6) is 0 Å². The number of rotatable bonds is 41. The summed E-state index contributed by atoms with van der Waals surface area (Å²) in [5.74, 6) is -0.241. The van der Waals surface area contributed by atoms with Crippen molar-refractivity contribution < 1.29 is 33.3 Å². The van der Waals surface area contributed by atoms with Gasteiger partial charge in [-0.3, -0.25) is 19.3 Å². The van der Waals surface area contributed by atoms with Gasteiger partial charge in [-0.25, -0.2) is 0 Å². The van der Waals surface area contributed by atoms with Gasteiger partial charge in [0.1, 0.15) is 12.7 Å². The Labute approximate surface area is 358 Å². The first kappa shape index (κ1) is 54.3. The number of esters is 3. The van der Waals surface area contributed by atoms with Crippen molar-refractivity contribution in [3.63, 3.8) is 0 Å². The summed E-state index contributed by atoms with van der Waals surface area (Å²) < 4.78 is 23.8. The van der Waals surface area contributed by atoms with Crippen molar-refractivity contribution in [3.8, 4) is 0 Å². The minimum absolute atomic E-state index is 0.0244. The second kappa shape index (κ2) is 39.4. The van der Waals surface area contributed by atoms with Gasteiger partial charge in [0.2, 0.25) is 0 Å². The first-order valence-corrected chi connectivity index (χ1v) is 24.8. The Morgan fingerprint density at radius 1 is 0.534 bits per heavy atom. The van der Waals surface area contributed by atoms with Gasteiger partial charge >= 0.3 is 17.9 Å². The number of nitrogens with zero attached hydrogens (tertiary/aromatic N) is 2. The van der Waals surface area contributed by atoms with Crippen LogP contribution in [0.25, 0.3) is 0 Å². The van der Waals surface area contributed by atoms with E-state index in [0.29, 0.717) is 45.6 Å². The Morgan fingerprint density at radius 3 is 1.48 bits per heavy atom. The minimum Gasteiger partial charge on any atom is -0.466 e. The predicted molar refractivity (Wildman–Crippen MR) is 240 cm³/mol. The van der Waals surface area contributed by atoms with E-state index in [-0.39, 0.29) is 36.2 Å². The first-order chi connectivity index (χ1) is 28.3. The molecular weight excluding hydrogens is 729 g/mol. The number of hydrogen-bond donors (Lipinski definition) is 0. The Bertz CT molecular complexity index is 947. The zero-order valence-corrected chi connectivity index (χ0v) is 38.9. The van der Waals surface area contributed by atoms with E-state index in [1.807, 2.05) is 19.0 Å². The zero-order chi connectivity index (χ0) is 42.3. The fourth-order valence-electron chi connectivity index (χ4n) is 7.95. The van der Waals surface area contributed by atoms with Crippen molar-refractivity contribution in [1.82, 2.24) is 9.80 Å². The van der Waals surface area contributed by atoms with Crippen LogP contribution in [-0.2, 0) is 33.3 Å². The van der Waals surface area contributed by atoms with E-state index >= 15 is 0 Å². The van der Waals surface area contributed by atoms with E-state index in [1.165, 1.54) is 96.3 Å². The summed E-state index contributed by atoms with van der Waals surface area (Å²) in [4.78, 5) is 41.8. The molecule has 0 aromatic heterocycles. The Morgan fingerprint density at radius 2 is 0.966 bits per heavy atom. The van der Waals surface area contributed by atoms with Gasteiger partial charge in [-0.1, -0.05) is 149 Å². The molecule has 0 aromatic rings. The number of ether oxygens (including phenoxy) is 4. The Balaban J connectivity index is 2.48. The molecule has 9 heteroatoms. The Kier molecular flexibility index (Phi) is 36.9. The van der Waals surface area contributed by atoms with Crippen LogP contribution < -0.4 is 0 Å². The fraction of sp³-hybridized carbons (Fsp3) is 0.939. The third-order valence-corrected chi connectivity index (χ3v) is 11.6. The molecule has 0 aliphatic carbocycles. The molecule has 9 nitrogen and oxygen atoms in total. The smallest absolute Gasteiger partial charge is 0.307 e. The summed E-state index contributed by atoms with van der Waals surface area (Å²) in [6, 6.07) is 0. The average molecular weight is 823 g/mol. The lowest BCUT2D eigenvalue weighted by Gasteiger charge is -2.38. The quantitative estimate of drug-likeness (QED) is 0.0339. The average Bonchev–Trinajstić information content (AvgIpc) is 3.20. The SMILES string of the molecule is CCCCCCCCCOC(=O)CCCCCC1CN(CCOC(=O)CCN(C)C)CC(CCCCCC(=O)OC(CCCCCCCC)CCCCCCCC)O1. The molecule has 1 saturated heterocycles. The third kappa shape index (κ3) is 34.0. The highest BCUT2D eigenvalue weighted by Gasteiger charge is 2.27. The molecule has 0 aromatic carbocycles. The summed E-state index contributed by atoms with van der Waals surface area (Å²) in [5.41, 5.74) is 0. The molecule has 2 atom stereocenters. The molecule has 1 heterocycles. The van der Waals surface area contributed by atoms with Crippen LogP contribution >= 0.6 is 0 Å². The van der Waals surface area contributed by atoms with Gasteiger partial charge in [-0.05, 0) is 71.9 Å².